The quantitative estimate of drug-likeness (QED) is 0.677. The van der Waals surface area contributed by atoms with Crippen molar-refractivity contribution in [3.05, 3.63) is 52.5 Å². The number of halogens is 1. The predicted octanol–water partition coefficient (Wildman–Crippen LogP) is 1.22. The van der Waals surface area contributed by atoms with E-state index in [9.17, 15) is 9.18 Å². The highest BCUT2D eigenvalue weighted by atomic mass is 19.1. The summed E-state index contributed by atoms with van der Waals surface area (Å²) in [5.41, 5.74) is 0.758. The second-order valence-electron chi connectivity index (χ2n) is 3.88. The van der Waals surface area contributed by atoms with Crippen molar-refractivity contribution in [3.63, 3.8) is 0 Å². The number of aromatic nitrogens is 4. The van der Waals surface area contributed by atoms with Gasteiger partial charge in [0.1, 0.15) is 17.2 Å². The first-order valence-electron chi connectivity index (χ1n) is 5.42. The maximum Gasteiger partial charge on any atom is 0.259 e. The first-order chi connectivity index (χ1) is 9.19. The zero-order chi connectivity index (χ0) is 13.4. The minimum atomic E-state index is -0.425. The number of aromatic amines is 1. The Hall–Kier alpha value is -2.83. The number of nitrogens with one attached hydrogen (secondary N) is 2. The Morgan fingerprint density at radius 3 is 2.89 bits per heavy atom. The van der Waals surface area contributed by atoms with E-state index in [1.807, 2.05) is 0 Å². The van der Waals surface area contributed by atoms with Gasteiger partial charge in [0.2, 0.25) is 0 Å². The summed E-state index contributed by atoms with van der Waals surface area (Å²) in [6.45, 7) is 0. The molecule has 3 heterocycles. The van der Waals surface area contributed by atoms with Crippen LogP contribution in [0.25, 0.3) is 17.2 Å². The van der Waals surface area contributed by atoms with Crippen molar-refractivity contribution in [2.75, 3.05) is 0 Å². The van der Waals surface area contributed by atoms with Crippen molar-refractivity contribution in [3.8, 4) is 11.5 Å². The van der Waals surface area contributed by atoms with Crippen LogP contribution in [-0.4, -0.2) is 25.6 Å². The molecule has 0 bridgehead atoms. The van der Waals surface area contributed by atoms with Crippen LogP contribution in [0.3, 0.4) is 0 Å². The normalized spacial score (nSPS) is 10.8. The molecule has 3 aromatic rings. The summed E-state index contributed by atoms with van der Waals surface area (Å²) in [7, 11) is 0. The molecule has 0 unspecified atom stereocenters. The van der Waals surface area contributed by atoms with Crippen molar-refractivity contribution in [2.45, 2.75) is 0 Å². The van der Waals surface area contributed by atoms with Gasteiger partial charge in [-0.25, -0.2) is 14.4 Å². The van der Waals surface area contributed by atoms with E-state index in [4.69, 9.17) is 5.41 Å². The minimum Gasteiger partial charge on any atom is -0.308 e. The third kappa shape index (κ3) is 1.81. The van der Waals surface area contributed by atoms with Crippen LogP contribution in [0.1, 0.15) is 5.56 Å². The lowest BCUT2D eigenvalue weighted by atomic mass is 10.3. The van der Waals surface area contributed by atoms with E-state index in [1.165, 1.54) is 35.1 Å². The Morgan fingerprint density at radius 1 is 1.32 bits per heavy atom. The third-order valence-electron chi connectivity index (χ3n) is 2.69. The fourth-order valence-corrected chi connectivity index (χ4v) is 1.77. The summed E-state index contributed by atoms with van der Waals surface area (Å²) >= 11 is 0. The minimum absolute atomic E-state index is 0.156. The molecule has 19 heavy (non-hydrogen) atoms. The molecule has 0 spiro atoms. The molecule has 0 aliphatic rings. The maximum atomic E-state index is 13.2. The number of imidazole rings is 1. The monoisotopic (exact) mass is 257 g/mol. The van der Waals surface area contributed by atoms with Gasteiger partial charge in [-0.2, -0.15) is 0 Å². The van der Waals surface area contributed by atoms with E-state index in [0.29, 0.717) is 11.3 Å². The standard InChI is InChI=1S/C12H8FN5O/c13-8-1-2-10-15-5-9(18(10)6-8)11-16-4-7(3-14)12(19)17-11/h1-6,14H,(H,16,17,19). The molecule has 2 N–H and O–H groups in total. The number of H-pyrrole nitrogens is 1. The summed E-state index contributed by atoms with van der Waals surface area (Å²) in [4.78, 5) is 22.3. The van der Waals surface area contributed by atoms with Crippen LogP contribution in [0.4, 0.5) is 4.39 Å². The number of nitrogens with zero attached hydrogens (tertiary/aromatic N) is 3. The molecule has 0 fully saturated rings. The molecular weight excluding hydrogens is 249 g/mol. The van der Waals surface area contributed by atoms with Crippen LogP contribution in [0.5, 0.6) is 0 Å². The molecule has 94 valence electrons. The zero-order valence-corrected chi connectivity index (χ0v) is 9.59. The molecule has 3 rings (SSSR count). The average Bonchev–Trinajstić information content (AvgIpc) is 2.81. The van der Waals surface area contributed by atoms with Crippen molar-refractivity contribution in [1.82, 2.24) is 19.4 Å². The highest BCUT2D eigenvalue weighted by molar-refractivity contribution is 5.76. The average molecular weight is 257 g/mol. The largest absolute Gasteiger partial charge is 0.308 e. The Labute approximate surface area is 106 Å². The predicted molar refractivity (Wildman–Crippen MR) is 66.9 cm³/mol. The topological polar surface area (TPSA) is 86.9 Å². The molecule has 0 aliphatic heterocycles. The molecular formula is C12H8FN5O. The first kappa shape index (κ1) is 11.3. The van der Waals surface area contributed by atoms with Crippen LogP contribution in [0.2, 0.25) is 0 Å². The van der Waals surface area contributed by atoms with Crippen LogP contribution >= 0.6 is 0 Å². The summed E-state index contributed by atoms with van der Waals surface area (Å²) in [5, 5.41) is 7.04. The SMILES string of the molecule is N=Cc1cnc(-c2cnc3ccc(F)cn23)[nH]c1=O. The summed E-state index contributed by atoms with van der Waals surface area (Å²) in [5.74, 6) is -0.140. The first-order valence-corrected chi connectivity index (χ1v) is 5.42. The Bertz CT molecular complexity index is 835. The van der Waals surface area contributed by atoms with Gasteiger partial charge >= 0.3 is 0 Å². The van der Waals surface area contributed by atoms with Crippen LogP contribution in [0.15, 0.2) is 35.5 Å². The van der Waals surface area contributed by atoms with Crippen molar-refractivity contribution in [1.29, 1.82) is 5.41 Å². The number of hydrogen-bond acceptors (Lipinski definition) is 4. The highest BCUT2D eigenvalue weighted by Gasteiger charge is 2.09. The molecule has 0 saturated carbocycles. The zero-order valence-electron chi connectivity index (χ0n) is 9.59. The number of rotatable bonds is 2. The third-order valence-corrected chi connectivity index (χ3v) is 2.69. The summed E-state index contributed by atoms with van der Waals surface area (Å²) in [6, 6.07) is 2.84. The number of fused-ring (bicyclic) bond motifs is 1. The fourth-order valence-electron chi connectivity index (χ4n) is 1.77. The van der Waals surface area contributed by atoms with E-state index >= 15 is 0 Å². The Balaban J connectivity index is 2.24. The van der Waals surface area contributed by atoms with Gasteiger partial charge in [-0.05, 0) is 12.1 Å². The summed E-state index contributed by atoms with van der Waals surface area (Å²) in [6.07, 6.45) is 4.98. The molecule has 0 aliphatic carbocycles. The van der Waals surface area contributed by atoms with Crippen molar-refractivity contribution in [2.24, 2.45) is 0 Å². The molecule has 0 aromatic carbocycles. The maximum absolute atomic E-state index is 13.2. The van der Waals surface area contributed by atoms with Crippen molar-refractivity contribution < 1.29 is 4.39 Å². The molecule has 7 heteroatoms. The van der Waals surface area contributed by atoms with Gasteiger partial charge in [0.25, 0.3) is 5.56 Å². The lowest BCUT2D eigenvalue weighted by Gasteiger charge is -2.01. The van der Waals surface area contributed by atoms with Gasteiger partial charge in [-0.3, -0.25) is 9.20 Å². The molecule has 0 amide bonds. The second-order valence-corrected chi connectivity index (χ2v) is 3.88. The number of pyridine rings is 1. The summed E-state index contributed by atoms with van der Waals surface area (Å²) < 4.78 is 14.7. The van der Waals surface area contributed by atoms with Crippen LogP contribution < -0.4 is 5.56 Å². The van der Waals surface area contributed by atoms with Gasteiger partial charge in [-0.1, -0.05) is 0 Å². The van der Waals surface area contributed by atoms with Gasteiger partial charge in [0.05, 0.1) is 11.8 Å². The van der Waals surface area contributed by atoms with E-state index in [2.05, 4.69) is 15.0 Å². The van der Waals surface area contributed by atoms with Gasteiger partial charge in [0, 0.05) is 18.6 Å². The van der Waals surface area contributed by atoms with E-state index in [0.717, 1.165) is 6.21 Å². The van der Waals surface area contributed by atoms with Crippen molar-refractivity contribution >= 4 is 11.9 Å². The van der Waals surface area contributed by atoms with Gasteiger partial charge in [0.15, 0.2) is 5.82 Å². The smallest absolute Gasteiger partial charge is 0.259 e. The lowest BCUT2D eigenvalue weighted by Crippen LogP contribution is -2.14. The van der Waals surface area contributed by atoms with E-state index < -0.39 is 11.4 Å². The van der Waals surface area contributed by atoms with E-state index in [1.54, 1.807) is 0 Å². The Kier molecular flexibility index (Phi) is 2.45. The lowest BCUT2D eigenvalue weighted by molar-refractivity contribution is 0.619. The van der Waals surface area contributed by atoms with Crippen LogP contribution in [0, 0.1) is 11.2 Å². The van der Waals surface area contributed by atoms with Crippen LogP contribution in [-0.2, 0) is 0 Å². The Morgan fingerprint density at radius 2 is 2.16 bits per heavy atom. The molecule has 3 aromatic heterocycles. The second kappa shape index (κ2) is 4.13. The molecule has 0 radical (unpaired) electrons. The fraction of sp³-hybridized carbons (Fsp3) is 0. The van der Waals surface area contributed by atoms with E-state index in [-0.39, 0.29) is 11.4 Å². The molecule has 0 atom stereocenters. The number of hydrogen-bond donors (Lipinski definition) is 2. The molecule has 0 saturated heterocycles. The van der Waals surface area contributed by atoms with Gasteiger partial charge < -0.3 is 10.4 Å². The molecule has 6 nitrogen and oxygen atoms in total. The van der Waals surface area contributed by atoms with Gasteiger partial charge in [-0.15, -0.1) is 0 Å². The highest BCUT2D eigenvalue weighted by Crippen LogP contribution is 2.16.